The Morgan fingerprint density at radius 3 is 2.67 bits per heavy atom. The Bertz CT molecular complexity index is 886. The van der Waals surface area contributed by atoms with E-state index in [9.17, 15) is 9.59 Å². The number of nitrogens with zero attached hydrogens (tertiary/aromatic N) is 3. The van der Waals surface area contributed by atoms with Gasteiger partial charge < -0.3 is 20.1 Å². The van der Waals surface area contributed by atoms with Gasteiger partial charge in [-0.15, -0.1) is 0 Å². The Labute approximate surface area is 158 Å². The molecule has 7 heteroatoms. The zero-order valence-corrected chi connectivity index (χ0v) is 15.4. The first kappa shape index (κ1) is 16.6. The summed E-state index contributed by atoms with van der Waals surface area (Å²) in [4.78, 5) is 31.7. The highest BCUT2D eigenvalue weighted by molar-refractivity contribution is 5.95. The van der Waals surface area contributed by atoms with Crippen molar-refractivity contribution in [3.8, 4) is 0 Å². The first-order valence-electron chi connectivity index (χ1n) is 10.0. The molecule has 3 aliphatic rings. The summed E-state index contributed by atoms with van der Waals surface area (Å²) in [5, 5.41) is 6.03. The minimum Gasteiger partial charge on any atom is -0.336 e. The number of nitrogens with one attached hydrogen (secondary N) is 2. The number of hydrogen-bond acceptors (Lipinski definition) is 3. The fourth-order valence-electron chi connectivity index (χ4n) is 4.90. The number of carbonyl (C=O) groups excluding carboxylic acids is 2. The third kappa shape index (κ3) is 2.85. The van der Waals surface area contributed by atoms with E-state index in [1.807, 2.05) is 29.2 Å². The molecule has 1 saturated carbocycles. The predicted molar refractivity (Wildman–Crippen MR) is 102 cm³/mol. The van der Waals surface area contributed by atoms with Gasteiger partial charge in [-0.25, -0.2) is 9.78 Å². The summed E-state index contributed by atoms with van der Waals surface area (Å²) in [6.45, 7) is 1.63. The van der Waals surface area contributed by atoms with Crippen LogP contribution in [0.4, 0.5) is 4.79 Å². The maximum absolute atomic E-state index is 13.3. The molecule has 2 aromatic rings. The lowest BCUT2D eigenvalue weighted by atomic mass is 9.87. The standard InChI is InChI=1S/C20H25N5O2/c26-19(24-10-4-1-5-11-24)18-21-15-6-2-3-7-17(15)25(18)13-8-9-14-16(12-13)23-20(27)22-14/h2-3,6-7,13-14,16H,1,4-5,8-12H2,(H2,22,23,27). The van der Waals surface area contributed by atoms with Crippen molar-refractivity contribution in [3.63, 3.8) is 0 Å². The number of benzene rings is 1. The van der Waals surface area contributed by atoms with Crippen molar-refractivity contribution >= 4 is 23.0 Å². The van der Waals surface area contributed by atoms with Gasteiger partial charge in [-0.05, 0) is 50.7 Å². The quantitative estimate of drug-likeness (QED) is 0.856. The van der Waals surface area contributed by atoms with Gasteiger partial charge in [0.05, 0.1) is 23.1 Å². The van der Waals surface area contributed by atoms with Gasteiger partial charge in [0.25, 0.3) is 5.91 Å². The summed E-state index contributed by atoms with van der Waals surface area (Å²) in [6, 6.07) is 8.40. The molecule has 0 bridgehead atoms. The minimum absolute atomic E-state index is 0.0432. The van der Waals surface area contributed by atoms with Gasteiger partial charge in [-0.2, -0.15) is 0 Å². The minimum atomic E-state index is -0.0780. The van der Waals surface area contributed by atoms with Crippen molar-refractivity contribution < 1.29 is 9.59 Å². The van der Waals surface area contributed by atoms with Gasteiger partial charge in [0.2, 0.25) is 5.82 Å². The number of likely N-dealkylation sites (tertiary alicyclic amines) is 1. The molecule has 3 atom stereocenters. The van der Waals surface area contributed by atoms with Gasteiger partial charge in [0.1, 0.15) is 0 Å². The second kappa shape index (κ2) is 6.55. The highest BCUT2D eigenvalue weighted by Crippen LogP contribution is 2.34. The van der Waals surface area contributed by atoms with Gasteiger partial charge in [0.15, 0.2) is 0 Å². The molecule has 5 rings (SSSR count). The van der Waals surface area contributed by atoms with Crippen LogP contribution < -0.4 is 10.6 Å². The number of hydrogen-bond donors (Lipinski definition) is 2. The number of amides is 3. The van der Waals surface area contributed by atoms with Crippen molar-refractivity contribution in [2.75, 3.05) is 13.1 Å². The van der Waals surface area contributed by atoms with Crippen LogP contribution in [0.3, 0.4) is 0 Å². The Hall–Kier alpha value is -2.57. The molecular formula is C20H25N5O2. The van der Waals surface area contributed by atoms with E-state index in [0.29, 0.717) is 5.82 Å². The molecule has 3 amide bonds. The molecule has 27 heavy (non-hydrogen) atoms. The summed E-state index contributed by atoms with van der Waals surface area (Å²) < 4.78 is 2.15. The Morgan fingerprint density at radius 2 is 1.81 bits per heavy atom. The van der Waals surface area contributed by atoms with E-state index in [2.05, 4.69) is 15.2 Å². The topological polar surface area (TPSA) is 79.3 Å². The van der Waals surface area contributed by atoms with Crippen LogP contribution in [0.5, 0.6) is 0 Å². The molecule has 2 aliphatic heterocycles. The number of piperidine rings is 1. The monoisotopic (exact) mass is 367 g/mol. The number of fused-ring (bicyclic) bond motifs is 2. The van der Waals surface area contributed by atoms with Gasteiger partial charge in [-0.3, -0.25) is 4.79 Å². The molecule has 2 N–H and O–H groups in total. The summed E-state index contributed by atoms with van der Waals surface area (Å²) in [5.41, 5.74) is 1.88. The lowest BCUT2D eigenvalue weighted by molar-refractivity contribution is 0.0702. The van der Waals surface area contributed by atoms with E-state index >= 15 is 0 Å². The van der Waals surface area contributed by atoms with Crippen molar-refractivity contribution in [2.24, 2.45) is 0 Å². The van der Waals surface area contributed by atoms with Crippen LogP contribution in [0.1, 0.15) is 55.2 Å². The smallest absolute Gasteiger partial charge is 0.315 e. The average molecular weight is 367 g/mol. The SMILES string of the molecule is O=C1NC2CCC(n3c(C(=O)N4CCCCC4)nc4ccccc43)CC2N1. The molecule has 1 aromatic carbocycles. The maximum Gasteiger partial charge on any atom is 0.315 e. The second-order valence-electron chi connectivity index (χ2n) is 7.94. The molecule has 0 spiro atoms. The molecule has 1 aliphatic carbocycles. The summed E-state index contributed by atoms with van der Waals surface area (Å²) in [7, 11) is 0. The van der Waals surface area contributed by atoms with E-state index in [1.54, 1.807) is 0 Å². The van der Waals surface area contributed by atoms with Crippen LogP contribution >= 0.6 is 0 Å². The molecule has 0 radical (unpaired) electrons. The zero-order chi connectivity index (χ0) is 18.4. The van der Waals surface area contributed by atoms with Crippen LogP contribution in [-0.2, 0) is 0 Å². The first-order valence-corrected chi connectivity index (χ1v) is 10.0. The second-order valence-corrected chi connectivity index (χ2v) is 7.94. The Balaban J connectivity index is 1.52. The summed E-state index contributed by atoms with van der Waals surface area (Å²) in [6.07, 6.45) is 6.00. The summed E-state index contributed by atoms with van der Waals surface area (Å²) in [5.74, 6) is 0.598. The third-order valence-corrected chi connectivity index (χ3v) is 6.25. The zero-order valence-electron chi connectivity index (χ0n) is 15.4. The van der Waals surface area contributed by atoms with Crippen molar-refractivity contribution in [1.29, 1.82) is 0 Å². The molecule has 7 nitrogen and oxygen atoms in total. The molecule has 3 fully saturated rings. The van der Waals surface area contributed by atoms with Crippen molar-refractivity contribution in [3.05, 3.63) is 30.1 Å². The number of aromatic nitrogens is 2. The van der Waals surface area contributed by atoms with Crippen LogP contribution in [-0.4, -0.2) is 51.6 Å². The molecular weight excluding hydrogens is 342 g/mol. The molecule has 142 valence electrons. The van der Waals surface area contributed by atoms with Crippen LogP contribution in [0.25, 0.3) is 11.0 Å². The first-order chi connectivity index (χ1) is 13.2. The van der Waals surface area contributed by atoms with Crippen molar-refractivity contribution in [1.82, 2.24) is 25.1 Å². The van der Waals surface area contributed by atoms with Crippen LogP contribution in [0.2, 0.25) is 0 Å². The van der Waals surface area contributed by atoms with E-state index in [4.69, 9.17) is 4.98 Å². The van der Waals surface area contributed by atoms with Crippen LogP contribution in [0, 0.1) is 0 Å². The number of urea groups is 1. The molecule has 1 aromatic heterocycles. The third-order valence-electron chi connectivity index (χ3n) is 6.25. The molecule has 3 unspecified atom stereocenters. The maximum atomic E-state index is 13.3. The van der Waals surface area contributed by atoms with E-state index in [1.165, 1.54) is 6.42 Å². The number of imidazole rings is 1. The van der Waals surface area contributed by atoms with E-state index in [-0.39, 0.29) is 30.1 Å². The fraction of sp³-hybridized carbons (Fsp3) is 0.550. The summed E-state index contributed by atoms with van der Waals surface area (Å²) >= 11 is 0. The number of rotatable bonds is 2. The highest BCUT2D eigenvalue weighted by atomic mass is 16.2. The highest BCUT2D eigenvalue weighted by Gasteiger charge is 2.39. The fourth-order valence-corrected chi connectivity index (χ4v) is 4.90. The lowest BCUT2D eigenvalue weighted by Crippen LogP contribution is -2.42. The van der Waals surface area contributed by atoms with E-state index < -0.39 is 0 Å². The Morgan fingerprint density at radius 1 is 1.04 bits per heavy atom. The normalized spacial score (nSPS) is 27.9. The predicted octanol–water partition coefficient (Wildman–Crippen LogP) is 2.44. The number of carbonyl (C=O) groups is 2. The van der Waals surface area contributed by atoms with Crippen molar-refractivity contribution in [2.45, 2.75) is 56.7 Å². The molecule has 2 saturated heterocycles. The molecule has 3 heterocycles. The average Bonchev–Trinajstić information content (AvgIpc) is 3.27. The number of para-hydroxylation sites is 2. The van der Waals surface area contributed by atoms with Crippen LogP contribution in [0.15, 0.2) is 24.3 Å². The Kier molecular flexibility index (Phi) is 4.02. The van der Waals surface area contributed by atoms with Gasteiger partial charge in [0, 0.05) is 19.1 Å². The van der Waals surface area contributed by atoms with Gasteiger partial charge >= 0.3 is 6.03 Å². The largest absolute Gasteiger partial charge is 0.336 e. The lowest BCUT2D eigenvalue weighted by Gasteiger charge is -2.33. The van der Waals surface area contributed by atoms with Gasteiger partial charge in [-0.1, -0.05) is 12.1 Å². The van der Waals surface area contributed by atoms with E-state index in [0.717, 1.165) is 56.2 Å².